The summed E-state index contributed by atoms with van der Waals surface area (Å²) < 4.78 is 0. The van der Waals surface area contributed by atoms with Gasteiger partial charge in [0.15, 0.2) is 5.78 Å². The molecule has 0 aromatic carbocycles. The SMILES string of the molecule is CC1SCCC1NC1=CC(=O)CC1. The Kier molecular flexibility index (Phi) is 2.63. The smallest absolute Gasteiger partial charge is 0.157 e. The topological polar surface area (TPSA) is 29.1 Å². The molecular formula is C10H15NOS. The van der Waals surface area contributed by atoms with Crippen molar-refractivity contribution in [3.8, 4) is 0 Å². The largest absolute Gasteiger partial charge is 0.384 e. The minimum atomic E-state index is 0.279. The van der Waals surface area contributed by atoms with E-state index in [1.807, 2.05) is 11.8 Å². The Balaban J connectivity index is 1.90. The monoisotopic (exact) mass is 197 g/mol. The van der Waals surface area contributed by atoms with Crippen molar-refractivity contribution in [2.45, 2.75) is 37.5 Å². The van der Waals surface area contributed by atoms with Crippen molar-refractivity contribution in [2.24, 2.45) is 0 Å². The van der Waals surface area contributed by atoms with Crippen molar-refractivity contribution in [1.82, 2.24) is 5.32 Å². The molecule has 0 aromatic heterocycles. The first-order valence-corrected chi connectivity index (χ1v) is 5.92. The van der Waals surface area contributed by atoms with E-state index in [2.05, 4.69) is 12.2 Å². The molecule has 1 N–H and O–H groups in total. The van der Waals surface area contributed by atoms with Gasteiger partial charge >= 0.3 is 0 Å². The van der Waals surface area contributed by atoms with Crippen molar-refractivity contribution >= 4 is 17.5 Å². The van der Waals surface area contributed by atoms with Gasteiger partial charge in [-0.3, -0.25) is 4.79 Å². The number of hydrogen-bond acceptors (Lipinski definition) is 3. The fraction of sp³-hybridized carbons (Fsp3) is 0.700. The predicted molar refractivity (Wildman–Crippen MR) is 55.8 cm³/mol. The van der Waals surface area contributed by atoms with Gasteiger partial charge in [-0.15, -0.1) is 0 Å². The molecule has 2 atom stereocenters. The van der Waals surface area contributed by atoms with E-state index < -0.39 is 0 Å². The van der Waals surface area contributed by atoms with Crippen molar-refractivity contribution in [2.75, 3.05) is 5.75 Å². The van der Waals surface area contributed by atoms with Crippen LogP contribution in [0, 0.1) is 0 Å². The molecule has 1 aliphatic heterocycles. The Morgan fingerprint density at radius 3 is 2.92 bits per heavy atom. The highest BCUT2D eigenvalue weighted by atomic mass is 32.2. The molecule has 72 valence electrons. The molecule has 13 heavy (non-hydrogen) atoms. The number of nitrogens with one attached hydrogen (secondary N) is 1. The van der Waals surface area contributed by atoms with E-state index in [-0.39, 0.29) is 5.78 Å². The normalized spacial score (nSPS) is 33.6. The second-order valence-electron chi connectivity index (χ2n) is 3.75. The van der Waals surface area contributed by atoms with Crippen molar-refractivity contribution in [3.63, 3.8) is 0 Å². The Bertz CT molecular complexity index is 249. The summed E-state index contributed by atoms with van der Waals surface area (Å²) in [6, 6.07) is 0.585. The number of hydrogen-bond donors (Lipinski definition) is 1. The number of carbonyl (C=O) groups is 1. The van der Waals surface area contributed by atoms with Crippen LogP contribution in [-0.4, -0.2) is 22.8 Å². The van der Waals surface area contributed by atoms with Crippen LogP contribution in [0.3, 0.4) is 0 Å². The standard InChI is InChI=1S/C10H15NOS/c1-7-10(4-5-13-7)11-8-2-3-9(12)6-8/h6-7,10-11H,2-5H2,1H3. The molecule has 0 aromatic rings. The highest BCUT2D eigenvalue weighted by molar-refractivity contribution is 8.00. The molecule has 2 rings (SSSR count). The summed E-state index contributed by atoms with van der Waals surface area (Å²) in [7, 11) is 0. The van der Waals surface area contributed by atoms with Crippen LogP contribution in [-0.2, 0) is 4.79 Å². The van der Waals surface area contributed by atoms with Crippen LogP contribution >= 0.6 is 11.8 Å². The summed E-state index contributed by atoms with van der Waals surface area (Å²) >= 11 is 2.01. The lowest BCUT2D eigenvalue weighted by molar-refractivity contribution is -0.114. The second kappa shape index (κ2) is 3.74. The van der Waals surface area contributed by atoms with Crippen LogP contribution in [0.2, 0.25) is 0 Å². The summed E-state index contributed by atoms with van der Waals surface area (Å²) in [6.45, 7) is 2.26. The van der Waals surface area contributed by atoms with Gasteiger partial charge in [-0.2, -0.15) is 11.8 Å². The summed E-state index contributed by atoms with van der Waals surface area (Å²) in [5.74, 6) is 1.53. The second-order valence-corrected chi connectivity index (χ2v) is 5.24. The molecule has 0 spiro atoms. The maximum Gasteiger partial charge on any atom is 0.157 e. The molecule has 3 heteroatoms. The van der Waals surface area contributed by atoms with Crippen LogP contribution in [0.1, 0.15) is 26.2 Å². The Morgan fingerprint density at radius 1 is 1.54 bits per heavy atom. The van der Waals surface area contributed by atoms with E-state index in [1.165, 1.54) is 12.2 Å². The zero-order valence-electron chi connectivity index (χ0n) is 7.88. The average molecular weight is 197 g/mol. The van der Waals surface area contributed by atoms with Gasteiger partial charge in [-0.05, 0) is 18.6 Å². The van der Waals surface area contributed by atoms with Gasteiger partial charge in [-0.25, -0.2) is 0 Å². The molecular weight excluding hydrogens is 182 g/mol. The van der Waals surface area contributed by atoms with Crippen molar-refractivity contribution in [1.29, 1.82) is 0 Å². The van der Waals surface area contributed by atoms with Gasteiger partial charge in [0.1, 0.15) is 0 Å². The van der Waals surface area contributed by atoms with E-state index in [1.54, 1.807) is 6.08 Å². The van der Waals surface area contributed by atoms with Crippen molar-refractivity contribution in [3.05, 3.63) is 11.8 Å². The highest BCUT2D eigenvalue weighted by Crippen LogP contribution is 2.27. The van der Waals surface area contributed by atoms with E-state index in [4.69, 9.17) is 0 Å². The van der Waals surface area contributed by atoms with E-state index in [9.17, 15) is 4.79 Å². The number of rotatable bonds is 2. The minimum absolute atomic E-state index is 0.279. The number of thioether (sulfide) groups is 1. The minimum Gasteiger partial charge on any atom is -0.384 e. The zero-order chi connectivity index (χ0) is 9.26. The third-order valence-electron chi connectivity index (χ3n) is 2.72. The lowest BCUT2D eigenvalue weighted by Crippen LogP contribution is -2.32. The van der Waals surface area contributed by atoms with Gasteiger partial charge in [0.05, 0.1) is 0 Å². The van der Waals surface area contributed by atoms with Crippen LogP contribution < -0.4 is 5.32 Å². The summed E-state index contributed by atoms with van der Waals surface area (Å²) in [4.78, 5) is 11.0. The molecule has 2 nitrogen and oxygen atoms in total. The summed E-state index contributed by atoms with van der Waals surface area (Å²) in [6.07, 6.45) is 4.64. The lowest BCUT2D eigenvalue weighted by atomic mass is 10.1. The molecule has 1 heterocycles. The van der Waals surface area contributed by atoms with Crippen LogP contribution in [0.5, 0.6) is 0 Å². The molecule has 2 aliphatic rings. The number of carbonyl (C=O) groups excluding carboxylic acids is 1. The van der Waals surface area contributed by atoms with Gasteiger partial charge in [-0.1, -0.05) is 6.92 Å². The van der Waals surface area contributed by atoms with Crippen LogP contribution in [0.4, 0.5) is 0 Å². The van der Waals surface area contributed by atoms with Crippen LogP contribution in [0.25, 0.3) is 0 Å². The third-order valence-corrected chi connectivity index (χ3v) is 4.05. The summed E-state index contributed by atoms with van der Waals surface area (Å²) in [5, 5.41) is 4.17. The predicted octanol–water partition coefficient (Wildman–Crippen LogP) is 1.72. The maximum absolute atomic E-state index is 11.0. The fourth-order valence-corrected chi connectivity index (χ4v) is 3.07. The van der Waals surface area contributed by atoms with Crippen LogP contribution in [0.15, 0.2) is 11.8 Å². The molecule has 0 radical (unpaired) electrons. The molecule has 1 saturated heterocycles. The molecule has 0 saturated carbocycles. The zero-order valence-corrected chi connectivity index (χ0v) is 8.69. The molecule has 0 amide bonds. The first-order valence-electron chi connectivity index (χ1n) is 4.87. The number of ketones is 1. The van der Waals surface area contributed by atoms with Gasteiger partial charge < -0.3 is 5.32 Å². The van der Waals surface area contributed by atoms with Gasteiger partial charge in [0.25, 0.3) is 0 Å². The highest BCUT2D eigenvalue weighted by Gasteiger charge is 2.25. The maximum atomic E-state index is 11.0. The number of allylic oxidation sites excluding steroid dienone is 2. The Hall–Kier alpha value is -0.440. The third kappa shape index (κ3) is 2.08. The first-order chi connectivity index (χ1) is 6.25. The summed E-state index contributed by atoms with van der Waals surface area (Å²) in [5.41, 5.74) is 1.16. The van der Waals surface area contributed by atoms with Gasteiger partial charge in [0, 0.05) is 29.5 Å². The lowest BCUT2D eigenvalue weighted by Gasteiger charge is -2.18. The Labute approximate surface area is 83.2 Å². The quantitative estimate of drug-likeness (QED) is 0.731. The van der Waals surface area contributed by atoms with Crippen molar-refractivity contribution < 1.29 is 4.79 Å². The Morgan fingerprint density at radius 2 is 2.38 bits per heavy atom. The first kappa shape index (κ1) is 9.13. The molecule has 2 unspecified atom stereocenters. The van der Waals surface area contributed by atoms with E-state index in [0.717, 1.165) is 12.1 Å². The van der Waals surface area contributed by atoms with E-state index in [0.29, 0.717) is 17.7 Å². The molecule has 1 fully saturated rings. The van der Waals surface area contributed by atoms with Gasteiger partial charge in [0.2, 0.25) is 0 Å². The average Bonchev–Trinajstić information content (AvgIpc) is 2.64. The molecule has 1 aliphatic carbocycles. The van der Waals surface area contributed by atoms with E-state index >= 15 is 0 Å². The fourth-order valence-electron chi connectivity index (χ4n) is 1.87. The molecule has 0 bridgehead atoms.